The Balaban J connectivity index is 1.67. The van der Waals surface area contributed by atoms with Crippen LogP contribution in [0.1, 0.15) is 12.2 Å². The summed E-state index contributed by atoms with van der Waals surface area (Å²) in [6, 6.07) is 4.51. The van der Waals surface area contributed by atoms with Gasteiger partial charge in [0.05, 0.1) is 6.26 Å². The molecule has 0 bridgehead atoms. The summed E-state index contributed by atoms with van der Waals surface area (Å²) in [6.07, 6.45) is 7.06. The predicted molar refractivity (Wildman–Crippen MR) is 61.6 cm³/mol. The second-order valence-corrected chi connectivity index (χ2v) is 4.07. The smallest absolute Gasteiger partial charge is 0.126 e. The van der Waals surface area contributed by atoms with Gasteiger partial charge in [-0.05, 0) is 38.2 Å². The van der Waals surface area contributed by atoms with Crippen LogP contribution in [0, 0.1) is 0 Å². The van der Waals surface area contributed by atoms with Crippen LogP contribution in [0.5, 0.6) is 0 Å². The fourth-order valence-electron chi connectivity index (χ4n) is 1.90. The molecule has 0 saturated carbocycles. The van der Waals surface area contributed by atoms with E-state index in [9.17, 15) is 0 Å². The molecule has 1 saturated heterocycles. The average molecular weight is 206 g/mol. The third kappa shape index (κ3) is 3.22. The van der Waals surface area contributed by atoms with E-state index in [1.807, 2.05) is 18.2 Å². The summed E-state index contributed by atoms with van der Waals surface area (Å²) in [7, 11) is 2.17. The van der Waals surface area contributed by atoms with Crippen molar-refractivity contribution < 1.29 is 4.42 Å². The van der Waals surface area contributed by atoms with E-state index in [1.165, 1.54) is 13.0 Å². The molecular formula is C12H18N2O. The average Bonchev–Trinajstić information content (AvgIpc) is 2.84. The molecular weight excluding hydrogens is 188 g/mol. The summed E-state index contributed by atoms with van der Waals surface area (Å²) in [5.41, 5.74) is 0. The van der Waals surface area contributed by atoms with Gasteiger partial charge in [0.15, 0.2) is 0 Å². The normalized spacial score (nSPS) is 22.9. The number of nitrogens with zero attached hydrogens (tertiary/aromatic N) is 1. The third-order valence-electron chi connectivity index (χ3n) is 2.74. The van der Waals surface area contributed by atoms with E-state index in [0.717, 1.165) is 18.8 Å². The number of nitrogens with one attached hydrogen (secondary N) is 1. The van der Waals surface area contributed by atoms with E-state index in [1.54, 1.807) is 6.26 Å². The summed E-state index contributed by atoms with van der Waals surface area (Å²) < 4.78 is 5.20. The second kappa shape index (κ2) is 5.14. The van der Waals surface area contributed by atoms with Gasteiger partial charge in [0.2, 0.25) is 0 Å². The van der Waals surface area contributed by atoms with Crippen LogP contribution in [0.3, 0.4) is 0 Å². The van der Waals surface area contributed by atoms with Crippen LogP contribution in [-0.4, -0.2) is 37.6 Å². The fourth-order valence-corrected chi connectivity index (χ4v) is 1.90. The second-order valence-electron chi connectivity index (χ2n) is 4.07. The standard InChI is InChI=1S/C12H18N2O/c1-14-8-6-11(10-14)13-7-2-4-12-5-3-9-15-12/h2-5,9,11,13H,6-8,10H2,1H3/b4-2+. The Bertz CT molecular complexity index is 305. The molecule has 0 aromatic carbocycles. The highest BCUT2D eigenvalue weighted by Crippen LogP contribution is 2.06. The van der Waals surface area contributed by atoms with Gasteiger partial charge >= 0.3 is 0 Å². The summed E-state index contributed by atoms with van der Waals surface area (Å²) in [4.78, 5) is 2.36. The molecule has 1 aliphatic rings. The Morgan fingerprint density at radius 1 is 1.67 bits per heavy atom. The first-order valence-electron chi connectivity index (χ1n) is 5.46. The van der Waals surface area contributed by atoms with Crippen molar-refractivity contribution in [2.45, 2.75) is 12.5 Å². The van der Waals surface area contributed by atoms with Gasteiger partial charge in [-0.2, -0.15) is 0 Å². The van der Waals surface area contributed by atoms with Crippen molar-refractivity contribution >= 4 is 6.08 Å². The lowest BCUT2D eigenvalue weighted by molar-refractivity contribution is 0.401. The first-order valence-corrected chi connectivity index (χ1v) is 5.46. The van der Waals surface area contributed by atoms with Gasteiger partial charge in [0.25, 0.3) is 0 Å². The lowest BCUT2D eigenvalue weighted by Crippen LogP contribution is -2.31. The quantitative estimate of drug-likeness (QED) is 0.811. The molecule has 1 N–H and O–H groups in total. The summed E-state index contributed by atoms with van der Waals surface area (Å²) in [5.74, 6) is 0.917. The zero-order valence-corrected chi connectivity index (χ0v) is 9.15. The van der Waals surface area contributed by atoms with Crippen LogP contribution in [0.25, 0.3) is 6.08 Å². The fraction of sp³-hybridized carbons (Fsp3) is 0.500. The minimum atomic E-state index is 0.649. The molecule has 82 valence electrons. The molecule has 1 unspecified atom stereocenters. The molecule has 3 heteroatoms. The molecule has 0 spiro atoms. The van der Waals surface area contributed by atoms with E-state index in [2.05, 4.69) is 23.3 Å². The minimum Gasteiger partial charge on any atom is -0.465 e. The minimum absolute atomic E-state index is 0.649. The summed E-state index contributed by atoms with van der Waals surface area (Å²) >= 11 is 0. The molecule has 1 aliphatic heterocycles. The molecule has 1 aromatic heterocycles. The summed E-state index contributed by atoms with van der Waals surface area (Å²) in [6.45, 7) is 3.29. The molecule has 2 heterocycles. The Labute approximate surface area is 90.8 Å². The molecule has 0 aliphatic carbocycles. The largest absolute Gasteiger partial charge is 0.465 e. The van der Waals surface area contributed by atoms with Gasteiger partial charge in [0, 0.05) is 19.1 Å². The SMILES string of the molecule is CN1CCC(NC/C=C/c2ccco2)C1. The highest BCUT2D eigenvalue weighted by molar-refractivity contribution is 5.42. The topological polar surface area (TPSA) is 28.4 Å². The highest BCUT2D eigenvalue weighted by atomic mass is 16.3. The zero-order chi connectivity index (χ0) is 10.5. The lowest BCUT2D eigenvalue weighted by atomic mass is 10.2. The molecule has 1 atom stereocenters. The molecule has 0 amide bonds. The molecule has 15 heavy (non-hydrogen) atoms. The first kappa shape index (κ1) is 10.5. The maximum atomic E-state index is 5.20. The molecule has 2 rings (SSSR count). The maximum Gasteiger partial charge on any atom is 0.126 e. The van der Waals surface area contributed by atoms with E-state index >= 15 is 0 Å². The molecule has 1 fully saturated rings. The van der Waals surface area contributed by atoms with E-state index in [-0.39, 0.29) is 0 Å². The van der Waals surface area contributed by atoms with Crippen LogP contribution in [0.4, 0.5) is 0 Å². The molecule has 3 nitrogen and oxygen atoms in total. The molecule has 1 aromatic rings. The van der Waals surface area contributed by atoms with E-state index in [4.69, 9.17) is 4.42 Å². The van der Waals surface area contributed by atoms with Gasteiger partial charge in [-0.15, -0.1) is 0 Å². The van der Waals surface area contributed by atoms with Crippen molar-refractivity contribution in [2.24, 2.45) is 0 Å². The van der Waals surface area contributed by atoms with Crippen molar-refractivity contribution in [3.63, 3.8) is 0 Å². The number of furan rings is 1. The van der Waals surface area contributed by atoms with Gasteiger partial charge in [-0.1, -0.05) is 6.08 Å². The number of hydrogen-bond donors (Lipinski definition) is 1. The van der Waals surface area contributed by atoms with Crippen LogP contribution < -0.4 is 5.32 Å². The van der Waals surface area contributed by atoms with Gasteiger partial charge in [-0.3, -0.25) is 0 Å². The monoisotopic (exact) mass is 206 g/mol. The highest BCUT2D eigenvalue weighted by Gasteiger charge is 2.17. The number of rotatable bonds is 4. The number of hydrogen-bond acceptors (Lipinski definition) is 3. The Morgan fingerprint density at radius 3 is 3.27 bits per heavy atom. The molecule has 0 radical (unpaired) electrons. The Hall–Kier alpha value is -1.06. The maximum absolute atomic E-state index is 5.20. The van der Waals surface area contributed by atoms with Crippen LogP contribution in [-0.2, 0) is 0 Å². The Kier molecular flexibility index (Phi) is 3.59. The predicted octanol–water partition coefficient (Wildman–Crippen LogP) is 1.59. The van der Waals surface area contributed by atoms with E-state index in [0.29, 0.717) is 6.04 Å². The number of likely N-dealkylation sites (tertiary alicyclic amines) is 1. The Morgan fingerprint density at radius 2 is 2.60 bits per heavy atom. The van der Waals surface area contributed by atoms with Gasteiger partial charge < -0.3 is 14.6 Å². The van der Waals surface area contributed by atoms with Crippen LogP contribution in [0.15, 0.2) is 28.9 Å². The first-order chi connectivity index (χ1) is 7.34. The summed E-state index contributed by atoms with van der Waals surface area (Å²) in [5, 5.41) is 3.50. The van der Waals surface area contributed by atoms with Crippen molar-refractivity contribution in [1.82, 2.24) is 10.2 Å². The van der Waals surface area contributed by atoms with E-state index < -0.39 is 0 Å². The van der Waals surface area contributed by atoms with Crippen molar-refractivity contribution in [3.8, 4) is 0 Å². The van der Waals surface area contributed by atoms with Crippen molar-refractivity contribution in [1.29, 1.82) is 0 Å². The third-order valence-corrected chi connectivity index (χ3v) is 2.74. The van der Waals surface area contributed by atoms with Crippen LogP contribution >= 0.6 is 0 Å². The zero-order valence-electron chi connectivity index (χ0n) is 9.15. The van der Waals surface area contributed by atoms with Gasteiger partial charge in [-0.25, -0.2) is 0 Å². The van der Waals surface area contributed by atoms with Gasteiger partial charge in [0.1, 0.15) is 5.76 Å². The van der Waals surface area contributed by atoms with Crippen molar-refractivity contribution in [3.05, 3.63) is 30.2 Å². The van der Waals surface area contributed by atoms with Crippen molar-refractivity contribution in [2.75, 3.05) is 26.7 Å². The van der Waals surface area contributed by atoms with Crippen LogP contribution in [0.2, 0.25) is 0 Å². The number of likely N-dealkylation sites (N-methyl/N-ethyl adjacent to an activating group) is 1. The lowest BCUT2D eigenvalue weighted by Gasteiger charge is -2.10.